The topological polar surface area (TPSA) is 123 Å². The van der Waals surface area contributed by atoms with Crippen molar-refractivity contribution < 1.29 is 18.9 Å². The van der Waals surface area contributed by atoms with Crippen molar-refractivity contribution in [1.82, 2.24) is 4.98 Å². The fourth-order valence-corrected chi connectivity index (χ4v) is 2.99. The molecule has 1 fully saturated rings. The van der Waals surface area contributed by atoms with Gasteiger partial charge in [-0.05, 0) is 31.5 Å². The molecule has 8 heteroatoms. The van der Waals surface area contributed by atoms with E-state index in [2.05, 4.69) is 4.98 Å². The quantitative estimate of drug-likeness (QED) is 0.839. The molecule has 1 aromatic carbocycles. The zero-order chi connectivity index (χ0) is 20.3. The molecule has 2 aromatic rings. The average molecular weight is 380 g/mol. The maximum absolute atomic E-state index is 9.53. The Morgan fingerprint density at radius 2 is 1.89 bits per heavy atom. The second-order valence-corrected chi connectivity index (χ2v) is 6.64. The van der Waals surface area contributed by atoms with E-state index < -0.39 is 5.79 Å². The van der Waals surface area contributed by atoms with Gasteiger partial charge in [-0.3, -0.25) is 0 Å². The maximum Gasteiger partial charge on any atom is 0.234 e. The summed E-state index contributed by atoms with van der Waals surface area (Å²) >= 11 is 0. The number of anilines is 1. The molecule has 0 aliphatic carbocycles. The average Bonchev–Trinajstić information content (AvgIpc) is 3.04. The number of hydrogen-bond donors (Lipinski definition) is 1. The normalized spacial score (nSPS) is 17.5. The molecule has 1 saturated heterocycles. The predicted octanol–water partition coefficient (Wildman–Crippen LogP) is 2.61. The van der Waals surface area contributed by atoms with Crippen LogP contribution in [0.5, 0.6) is 11.6 Å². The van der Waals surface area contributed by atoms with Crippen molar-refractivity contribution in [1.29, 1.82) is 10.5 Å². The van der Waals surface area contributed by atoms with E-state index >= 15 is 0 Å². The first kappa shape index (κ1) is 19.4. The molecule has 1 aromatic heterocycles. The third-order valence-electron chi connectivity index (χ3n) is 4.26. The first-order valence-electron chi connectivity index (χ1n) is 8.61. The third-order valence-corrected chi connectivity index (χ3v) is 4.26. The van der Waals surface area contributed by atoms with Crippen LogP contribution in [0.25, 0.3) is 11.1 Å². The number of nitriles is 2. The summed E-state index contributed by atoms with van der Waals surface area (Å²) in [5.74, 6) is 0.118. The van der Waals surface area contributed by atoms with Crippen LogP contribution in [0.3, 0.4) is 0 Å². The van der Waals surface area contributed by atoms with Crippen LogP contribution in [0, 0.1) is 22.7 Å². The number of aromatic nitrogens is 1. The number of benzene rings is 1. The summed E-state index contributed by atoms with van der Waals surface area (Å²) in [5, 5.41) is 19.0. The molecule has 0 unspecified atom stereocenters. The summed E-state index contributed by atoms with van der Waals surface area (Å²) in [6, 6.07) is 11.1. The summed E-state index contributed by atoms with van der Waals surface area (Å²) in [7, 11) is 1.39. The maximum atomic E-state index is 9.53. The molecule has 0 spiro atoms. The molecule has 0 saturated carbocycles. The minimum absolute atomic E-state index is 0.00896. The van der Waals surface area contributed by atoms with Gasteiger partial charge in [-0.15, -0.1) is 0 Å². The van der Waals surface area contributed by atoms with Gasteiger partial charge >= 0.3 is 0 Å². The first-order chi connectivity index (χ1) is 13.4. The van der Waals surface area contributed by atoms with E-state index in [1.165, 1.54) is 7.11 Å². The molecule has 2 heterocycles. The van der Waals surface area contributed by atoms with Crippen LogP contribution >= 0.6 is 0 Å². The minimum Gasteiger partial charge on any atom is -0.491 e. The molecule has 0 amide bonds. The molecule has 1 aliphatic heterocycles. The van der Waals surface area contributed by atoms with E-state index in [1.807, 2.05) is 26.0 Å². The number of nitrogen functional groups attached to an aromatic ring is 1. The Hall–Kier alpha value is -3.33. The SMILES string of the molecule is COc1nc(N)c(C#N)c(-c2ccc(OC[C@@H]3COC(C)(C)O3)cc2)c1C#N. The van der Waals surface area contributed by atoms with Gasteiger partial charge in [-0.1, -0.05) is 12.1 Å². The number of methoxy groups -OCH3 is 1. The summed E-state index contributed by atoms with van der Waals surface area (Å²) in [5.41, 5.74) is 7.17. The van der Waals surface area contributed by atoms with Gasteiger partial charge in [0.25, 0.3) is 0 Å². The Morgan fingerprint density at radius 1 is 1.21 bits per heavy atom. The summed E-state index contributed by atoms with van der Waals surface area (Å²) in [6.45, 7) is 4.54. The van der Waals surface area contributed by atoms with Gasteiger partial charge in [0.1, 0.15) is 47.5 Å². The van der Waals surface area contributed by atoms with Crippen molar-refractivity contribution in [3.63, 3.8) is 0 Å². The molecule has 0 bridgehead atoms. The second-order valence-electron chi connectivity index (χ2n) is 6.64. The minimum atomic E-state index is -0.598. The zero-order valence-electron chi connectivity index (χ0n) is 15.9. The number of hydrogen-bond acceptors (Lipinski definition) is 8. The van der Waals surface area contributed by atoms with Gasteiger partial charge in [0.05, 0.1) is 13.7 Å². The Balaban J connectivity index is 1.85. The number of pyridine rings is 1. The van der Waals surface area contributed by atoms with E-state index in [4.69, 9.17) is 24.7 Å². The third kappa shape index (κ3) is 3.84. The van der Waals surface area contributed by atoms with E-state index in [-0.39, 0.29) is 28.9 Å². The monoisotopic (exact) mass is 380 g/mol. The van der Waals surface area contributed by atoms with Crippen molar-refractivity contribution in [3.05, 3.63) is 35.4 Å². The number of ether oxygens (including phenoxy) is 4. The largest absolute Gasteiger partial charge is 0.491 e. The lowest BCUT2D eigenvalue weighted by atomic mass is 9.96. The van der Waals surface area contributed by atoms with Crippen LogP contribution in [0.4, 0.5) is 5.82 Å². The van der Waals surface area contributed by atoms with Crippen molar-refractivity contribution in [2.75, 3.05) is 26.1 Å². The number of rotatable bonds is 5. The number of nitrogens with zero attached hydrogens (tertiary/aromatic N) is 3. The lowest BCUT2D eigenvalue weighted by Crippen LogP contribution is -2.25. The van der Waals surface area contributed by atoms with E-state index in [0.717, 1.165) is 0 Å². The van der Waals surface area contributed by atoms with Crippen molar-refractivity contribution >= 4 is 5.82 Å². The molecule has 8 nitrogen and oxygen atoms in total. The van der Waals surface area contributed by atoms with E-state index in [9.17, 15) is 10.5 Å². The van der Waals surface area contributed by atoms with Gasteiger partial charge < -0.3 is 24.7 Å². The first-order valence-corrected chi connectivity index (χ1v) is 8.61. The van der Waals surface area contributed by atoms with Crippen molar-refractivity contribution in [2.45, 2.75) is 25.7 Å². The lowest BCUT2D eigenvalue weighted by Gasteiger charge is -2.17. The van der Waals surface area contributed by atoms with Crippen LogP contribution in [-0.4, -0.2) is 37.2 Å². The van der Waals surface area contributed by atoms with Crippen LogP contribution < -0.4 is 15.2 Å². The number of nitrogens with two attached hydrogens (primary N) is 1. The molecule has 2 N–H and O–H groups in total. The van der Waals surface area contributed by atoms with Gasteiger partial charge in [0.15, 0.2) is 5.79 Å². The van der Waals surface area contributed by atoms with Crippen LogP contribution in [0.15, 0.2) is 24.3 Å². The van der Waals surface area contributed by atoms with Gasteiger partial charge in [0.2, 0.25) is 5.88 Å². The Labute approximate surface area is 163 Å². The van der Waals surface area contributed by atoms with E-state index in [0.29, 0.717) is 30.1 Å². The highest BCUT2D eigenvalue weighted by Crippen LogP contribution is 2.35. The van der Waals surface area contributed by atoms with Crippen LogP contribution in [0.2, 0.25) is 0 Å². The zero-order valence-corrected chi connectivity index (χ0v) is 15.9. The molecular weight excluding hydrogens is 360 g/mol. The molecule has 1 atom stereocenters. The highest BCUT2D eigenvalue weighted by molar-refractivity contribution is 5.82. The van der Waals surface area contributed by atoms with Crippen LogP contribution in [-0.2, 0) is 9.47 Å². The molecule has 1 aliphatic rings. The van der Waals surface area contributed by atoms with Crippen molar-refractivity contribution in [2.24, 2.45) is 0 Å². The molecule has 0 radical (unpaired) electrons. The van der Waals surface area contributed by atoms with Gasteiger partial charge in [-0.2, -0.15) is 15.5 Å². The van der Waals surface area contributed by atoms with Gasteiger partial charge in [0, 0.05) is 5.56 Å². The fraction of sp³-hybridized carbons (Fsp3) is 0.350. The Bertz CT molecular complexity index is 958. The fourth-order valence-electron chi connectivity index (χ4n) is 2.99. The van der Waals surface area contributed by atoms with Crippen LogP contribution in [0.1, 0.15) is 25.0 Å². The predicted molar refractivity (Wildman–Crippen MR) is 100 cm³/mol. The second kappa shape index (κ2) is 7.73. The highest BCUT2D eigenvalue weighted by atomic mass is 16.7. The van der Waals surface area contributed by atoms with Gasteiger partial charge in [-0.25, -0.2) is 0 Å². The summed E-state index contributed by atoms with van der Waals surface area (Å²) < 4.78 is 22.1. The molecule has 3 rings (SSSR count). The summed E-state index contributed by atoms with van der Waals surface area (Å²) in [4.78, 5) is 3.98. The highest BCUT2D eigenvalue weighted by Gasteiger charge is 2.33. The molecule has 28 heavy (non-hydrogen) atoms. The standard InChI is InChI=1S/C20H20N4O4/c1-20(2)27-11-14(28-20)10-26-13-6-4-12(5-7-13)17-15(8-21)18(23)24-19(25-3)16(17)9-22/h4-7,14H,10-11H2,1-3H3,(H2,23,24)/t14-/m1/s1. The molecular formula is C20H20N4O4. The summed E-state index contributed by atoms with van der Waals surface area (Å²) in [6.07, 6.45) is -0.144. The van der Waals surface area contributed by atoms with Crippen molar-refractivity contribution in [3.8, 4) is 34.9 Å². The molecule has 144 valence electrons. The smallest absolute Gasteiger partial charge is 0.234 e. The lowest BCUT2D eigenvalue weighted by molar-refractivity contribution is -0.141. The van der Waals surface area contributed by atoms with E-state index in [1.54, 1.807) is 24.3 Å². The Morgan fingerprint density at radius 3 is 2.43 bits per heavy atom. The Kier molecular flexibility index (Phi) is 5.36.